The van der Waals surface area contributed by atoms with E-state index in [1.807, 2.05) is 42.5 Å². The highest BCUT2D eigenvalue weighted by atomic mass is 16.7. The molecule has 1 aromatic heterocycles. The van der Waals surface area contributed by atoms with Crippen molar-refractivity contribution in [1.29, 1.82) is 0 Å². The lowest BCUT2D eigenvalue weighted by molar-refractivity contribution is -0.121. The van der Waals surface area contributed by atoms with Crippen molar-refractivity contribution in [2.75, 3.05) is 6.79 Å². The number of hydrazone groups is 1. The number of nitrogens with one attached hydrogen (secondary N) is 2. The maximum atomic E-state index is 11.9. The fourth-order valence-corrected chi connectivity index (χ4v) is 2.58. The molecular weight excluding hydrogens is 320 g/mol. The van der Waals surface area contributed by atoms with Crippen LogP contribution in [0.15, 0.2) is 47.6 Å². The van der Waals surface area contributed by atoms with Gasteiger partial charge in [-0.2, -0.15) is 5.10 Å². The normalized spacial score (nSPS) is 12.8. The third-order valence-corrected chi connectivity index (χ3v) is 3.83. The van der Waals surface area contributed by atoms with Crippen LogP contribution in [0.4, 0.5) is 0 Å². The van der Waals surface area contributed by atoms with Gasteiger partial charge in [-0.3, -0.25) is 4.79 Å². The number of para-hydroxylation sites is 2. The molecule has 2 N–H and O–H groups in total. The van der Waals surface area contributed by atoms with Crippen molar-refractivity contribution in [2.24, 2.45) is 5.10 Å². The summed E-state index contributed by atoms with van der Waals surface area (Å²) in [5.41, 5.74) is 5.21. The van der Waals surface area contributed by atoms with Crippen LogP contribution in [0.25, 0.3) is 11.0 Å². The summed E-state index contributed by atoms with van der Waals surface area (Å²) in [6, 6.07) is 13.2. The molecule has 0 spiro atoms. The second kappa shape index (κ2) is 6.64. The standard InChI is InChI=1S/C18H16N4O3/c23-18(8-7-17-20-13-3-1-2-4-14(13)21-17)22-19-10-12-5-6-15-16(9-12)25-11-24-15/h1-6,9-10H,7-8,11H2,(H,20,21)(H,22,23)/b19-10-. The fraction of sp³-hybridized carbons (Fsp3) is 0.167. The molecule has 0 fully saturated rings. The first-order valence-electron chi connectivity index (χ1n) is 7.93. The second-order valence-corrected chi connectivity index (χ2v) is 5.61. The Labute approximate surface area is 143 Å². The van der Waals surface area contributed by atoms with Gasteiger partial charge in [0.05, 0.1) is 17.2 Å². The Bertz CT molecular complexity index is 915. The third kappa shape index (κ3) is 3.45. The van der Waals surface area contributed by atoms with Gasteiger partial charge in [-0.25, -0.2) is 10.4 Å². The summed E-state index contributed by atoms with van der Waals surface area (Å²) in [5, 5.41) is 3.97. The number of carbonyl (C=O) groups excluding carboxylic acids is 1. The molecule has 25 heavy (non-hydrogen) atoms. The Morgan fingerprint density at radius 3 is 3.04 bits per heavy atom. The lowest BCUT2D eigenvalue weighted by Gasteiger charge is -1.99. The van der Waals surface area contributed by atoms with E-state index in [0.717, 1.165) is 22.4 Å². The van der Waals surface area contributed by atoms with Crippen molar-refractivity contribution < 1.29 is 14.3 Å². The van der Waals surface area contributed by atoms with Crippen molar-refractivity contribution in [3.8, 4) is 11.5 Å². The largest absolute Gasteiger partial charge is 0.454 e. The zero-order chi connectivity index (χ0) is 17.1. The molecule has 0 unspecified atom stereocenters. The maximum Gasteiger partial charge on any atom is 0.240 e. The molecule has 0 atom stereocenters. The molecule has 7 heteroatoms. The highest BCUT2D eigenvalue weighted by Gasteiger charge is 2.12. The molecule has 7 nitrogen and oxygen atoms in total. The number of aromatic amines is 1. The van der Waals surface area contributed by atoms with Gasteiger partial charge in [0.15, 0.2) is 11.5 Å². The average Bonchev–Trinajstić information content (AvgIpc) is 3.25. The van der Waals surface area contributed by atoms with Crippen LogP contribution in [-0.4, -0.2) is 28.9 Å². The molecule has 1 amide bonds. The minimum Gasteiger partial charge on any atom is -0.454 e. The zero-order valence-electron chi connectivity index (χ0n) is 13.4. The first-order chi connectivity index (χ1) is 12.3. The number of fused-ring (bicyclic) bond motifs is 2. The van der Waals surface area contributed by atoms with Gasteiger partial charge in [-0.1, -0.05) is 12.1 Å². The molecule has 2 heterocycles. The Kier molecular flexibility index (Phi) is 4.04. The summed E-state index contributed by atoms with van der Waals surface area (Å²) in [6.45, 7) is 0.231. The van der Waals surface area contributed by atoms with E-state index < -0.39 is 0 Å². The number of amides is 1. The highest BCUT2D eigenvalue weighted by molar-refractivity contribution is 5.83. The predicted octanol–water partition coefficient (Wildman–Crippen LogP) is 2.37. The average molecular weight is 336 g/mol. The van der Waals surface area contributed by atoms with Crippen molar-refractivity contribution in [2.45, 2.75) is 12.8 Å². The smallest absolute Gasteiger partial charge is 0.240 e. The van der Waals surface area contributed by atoms with Gasteiger partial charge < -0.3 is 14.5 Å². The van der Waals surface area contributed by atoms with Gasteiger partial charge in [-0.15, -0.1) is 0 Å². The summed E-state index contributed by atoms with van der Waals surface area (Å²) < 4.78 is 10.5. The first-order valence-corrected chi connectivity index (χ1v) is 7.93. The Morgan fingerprint density at radius 1 is 1.24 bits per heavy atom. The van der Waals surface area contributed by atoms with Gasteiger partial charge in [-0.05, 0) is 35.9 Å². The van der Waals surface area contributed by atoms with E-state index in [4.69, 9.17) is 9.47 Å². The van der Waals surface area contributed by atoms with E-state index in [9.17, 15) is 4.79 Å². The van der Waals surface area contributed by atoms with Crippen LogP contribution < -0.4 is 14.9 Å². The number of benzene rings is 2. The van der Waals surface area contributed by atoms with Crippen LogP contribution in [0, 0.1) is 0 Å². The molecule has 126 valence electrons. The van der Waals surface area contributed by atoms with Gasteiger partial charge in [0, 0.05) is 12.8 Å². The number of imidazole rings is 1. The van der Waals surface area contributed by atoms with E-state index in [1.165, 1.54) is 0 Å². The van der Waals surface area contributed by atoms with Crippen LogP contribution in [0.3, 0.4) is 0 Å². The Balaban J connectivity index is 1.30. The number of aryl methyl sites for hydroxylation is 1. The van der Waals surface area contributed by atoms with Gasteiger partial charge in [0.25, 0.3) is 0 Å². The number of ether oxygens (including phenoxy) is 2. The summed E-state index contributed by atoms with van der Waals surface area (Å²) in [4.78, 5) is 19.5. The molecule has 1 aliphatic rings. The third-order valence-electron chi connectivity index (χ3n) is 3.83. The fourth-order valence-electron chi connectivity index (χ4n) is 2.58. The molecule has 4 rings (SSSR count). The van der Waals surface area contributed by atoms with E-state index in [0.29, 0.717) is 24.3 Å². The molecule has 0 saturated carbocycles. The number of hydrogen-bond donors (Lipinski definition) is 2. The SMILES string of the molecule is O=C(CCc1nc2ccccc2[nH]1)N/N=C\c1ccc2c(c1)OCO2. The zero-order valence-corrected chi connectivity index (χ0v) is 13.4. The number of aromatic nitrogens is 2. The number of hydrogen-bond acceptors (Lipinski definition) is 5. The minimum atomic E-state index is -0.169. The lowest BCUT2D eigenvalue weighted by Crippen LogP contribution is -2.18. The highest BCUT2D eigenvalue weighted by Crippen LogP contribution is 2.31. The second-order valence-electron chi connectivity index (χ2n) is 5.61. The molecule has 2 aromatic carbocycles. The number of rotatable bonds is 5. The van der Waals surface area contributed by atoms with Gasteiger partial charge in [0.2, 0.25) is 12.7 Å². The maximum absolute atomic E-state index is 11.9. The van der Waals surface area contributed by atoms with Gasteiger partial charge >= 0.3 is 0 Å². The lowest BCUT2D eigenvalue weighted by atomic mass is 10.2. The molecular formula is C18H16N4O3. The minimum absolute atomic E-state index is 0.169. The van der Waals surface area contributed by atoms with Gasteiger partial charge in [0.1, 0.15) is 5.82 Å². The van der Waals surface area contributed by atoms with Crippen molar-refractivity contribution in [3.05, 3.63) is 53.9 Å². The molecule has 0 saturated heterocycles. The van der Waals surface area contributed by atoms with Crippen LogP contribution >= 0.6 is 0 Å². The van der Waals surface area contributed by atoms with E-state index in [2.05, 4.69) is 20.5 Å². The van der Waals surface area contributed by atoms with E-state index in [1.54, 1.807) is 6.21 Å². The number of carbonyl (C=O) groups is 1. The predicted molar refractivity (Wildman–Crippen MR) is 92.7 cm³/mol. The van der Waals surface area contributed by atoms with E-state index in [-0.39, 0.29) is 12.7 Å². The Hall–Kier alpha value is -3.35. The van der Waals surface area contributed by atoms with Crippen LogP contribution in [0.2, 0.25) is 0 Å². The quantitative estimate of drug-likeness (QED) is 0.553. The molecule has 0 bridgehead atoms. The number of H-pyrrole nitrogens is 1. The van der Waals surface area contributed by atoms with Crippen molar-refractivity contribution in [3.63, 3.8) is 0 Å². The number of nitrogens with zero attached hydrogens (tertiary/aromatic N) is 2. The molecule has 0 aliphatic carbocycles. The molecule has 3 aromatic rings. The van der Waals surface area contributed by atoms with E-state index >= 15 is 0 Å². The molecule has 0 radical (unpaired) electrons. The summed E-state index contributed by atoms with van der Waals surface area (Å²) in [7, 11) is 0. The topological polar surface area (TPSA) is 88.6 Å². The monoisotopic (exact) mass is 336 g/mol. The Morgan fingerprint density at radius 2 is 2.12 bits per heavy atom. The summed E-state index contributed by atoms with van der Waals surface area (Å²) >= 11 is 0. The summed E-state index contributed by atoms with van der Waals surface area (Å²) in [5.74, 6) is 2.01. The molecule has 1 aliphatic heterocycles. The summed E-state index contributed by atoms with van der Waals surface area (Å²) in [6.07, 6.45) is 2.40. The van der Waals surface area contributed by atoms with Crippen molar-refractivity contribution >= 4 is 23.2 Å². The van der Waals surface area contributed by atoms with Crippen LogP contribution in [0.5, 0.6) is 11.5 Å². The first kappa shape index (κ1) is 15.2. The van der Waals surface area contributed by atoms with Crippen LogP contribution in [0.1, 0.15) is 17.8 Å². The van der Waals surface area contributed by atoms with Crippen LogP contribution in [-0.2, 0) is 11.2 Å². The van der Waals surface area contributed by atoms with Crippen molar-refractivity contribution in [1.82, 2.24) is 15.4 Å².